The molecule has 1 fully saturated rings. The molecule has 1 aliphatic heterocycles. The lowest BCUT2D eigenvalue weighted by Gasteiger charge is -2.42. The van der Waals surface area contributed by atoms with Crippen LogP contribution in [0.5, 0.6) is 0 Å². The summed E-state index contributed by atoms with van der Waals surface area (Å²) in [6, 6.07) is 0.287. The molecule has 0 aromatic heterocycles. The largest absolute Gasteiger partial charge is 0.340 e. The number of carbonyl (C=O) groups is 1. The first-order chi connectivity index (χ1) is 6.11. The SMILES string of the molecule is CCN1CC(C)N(C)C(CN)C1=O. The van der Waals surface area contributed by atoms with Crippen molar-refractivity contribution >= 4 is 5.91 Å². The molecule has 0 spiro atoms. The second-order valence-corrected chi connectivity index (χ2v) is 3.64. The highest BCUT2D eigenvalue weighted by Gasteiger charge is 2.34. The zero-order valence-electron chi connectivity index (χ0n) is 8.66. The lowest BCUT2D eigenvalue weighted by atomic mass is 10.1. The number of hydrogen-bond acceptors (Lipinski definition) is 3. The van der Waals surface area contributed by atoms with E-state index >= 15 is 0 Å². The van der Waals surface area contributed by atoms with Crippen molar-refractivity contribution in [3.8, 4) is 0 Å². The molecule has 0 radical (unpaired) electrons. The highest BCUT2D eigenvalue weighted by molar-refractivity contribution is 5.83. The summed E-state index contributed by atoms with van der Waals surface area (Å²) in [5, 5.41) is 0. The first-order valence-electron chi connectivity index (χ1n) is 4.82. The minimum absolute atomic E-state index is 0.122. The normalized spacial score (nSPS) is 31.1. The van der Waals surface area contributed by atoms with Crippen molar-refractivity contribution in [1.29, 1.82) is 0 Å². The van der Waals surface area contributed by atoms with Gasteiger partial charge in [0.15, 0.2) is 0 Å². The van der Waals surface area contributed by atoms with E-state index < -0.39 is 0 Å². The van der Waals surface area contributed by atoms with Crippen LogP contribution >= 0.6 is 0 Å². The van der Waals surface area contributed by atoms with Crippen molar-refractivity contribution < 1.29 is 4.79 Å². The summed E-state index contributed by atoms with van der Waals surface area (Å²) in [6.07, 6.45) is 0. The molecule has 0 aliphatic carbocycles. The Hall–Kier alpha value is -0.610. The smallest absolute Gasteiger partial charge is 0.241 e. The Balaban J connectivity index is 2.75. The number of rotatable bonds is 2. The van der Waals surface area contributed by atoms with Gasteiger partial charge in [-0.1, -0.05) is 0 Å². The fraction of sp³-hybridized carbons (Fsp3) is 0.889. The van der Waals surface area contributed by atoms with Crippen LogP contribution in [0.25, 0.3) is 0 Å². The summed E-state index contributed by atoms with van der Waals surface area (Å²) in [7, 11) is 1.97. The summed E-state index contributed by atoms with van der Waals surface area (Å²) >= 11 is 0. The fourth-order valence-electron chi connectivity index (χ4n) is 1.78. The highest BCUT2D eigenvalue weighted by Crippen LogP contribution is 2.13. The maximum atomic E-state index is 11.7. The van der Waals surface area contributed by atoms with Gasteiger partial charge in [0.1, 0.15) is 6.04 Å². The van der Waals surface area contributed by atoms with Crippen molar-refractivity contribution in [2.24, 2.45) is 5.73 Å². The lowest BCUT2D eigenvalue weighted by molar-refractivity contribution is -0.142. The van der Waals surface area contributed by atoms with Gasteiger partial charge in [-0.2, -0.15) is 0 Å². The van der Waals surface area contributed by atoms with Crippen molar-refractivity contribution in [2.75, 3.05) is 26.7 Å². The molecule has 2 N–H and O–H groups in total. The molecule has 0 bridgehead atoms. The van der Waals surface area contributed by atoms with Crippen LogP contribution in [-0.2, 0) is 4.79 Å². The van der Waals surface area contributed by atoms with Gasteiger partial charge in [0, 0.05) is 25.7 Å². The van der Waals surface area contributed by atoms with E-state index in [1.807, 2.05) is 18.9 Å². The second kappa shape index (κ2) is 4.07. The van der Waals surface area contributed by atoms with Gasteiger partial charge in [-0.15, -0.1) is 0 Å². The van der Waals surface area contributed by atoms with E-state index in [1.165, 1.54) is 0 Å². The third-order valence-electron chi connectivity index (χ3n) is 2.87. The molecule has 0 aromatic rings. The molecule has 1 heterocycles. The second-order valence-electron chi connectivity index (χ2n) is 3.64. The zero-order valence-corrected chi connectivity index (χ0v) is 8.66. The molecule has 1 amide bonds. The lowest BCUT2D eigenvalue weighted by Crippen LogP contribution is -2.61. The van der Waals surface area contributed by atoms with Crippen LogP contribution in [0.1, 0.15) is 13.8 Å². The molecule has 0 aromatic carbocycles. The summed E-state index contributed by atoms with van der Waals surface area (Å²) in [5.74, 6) is 0.172. The molecule has 13 heavy (non-hydrogen) atoms. The first-order valence-corrected chi connectivity index (χ1v) is 4.82. The predicted molar refractivity (Wildman–Crippen MR) is 52.3 cm³/mol. The van der Waals surface area contributed by atoms with Gasteiger partial charge >= 0.3 is 0 Å². The Kier molecular flexibility index (Phi) is 3.27. The van der Waals surface area contributed by atoms with E-state index in [-0.39, 0.29) is 11.9 Å². The summed E-state index contributed by atoms with van der Waals surface area (Å²) in [5.41, 5.74) is 5.57. The number of nitrogens with two attached hydrogens (primary N) is 1. The minimum atomic E-state index is -0.122. The molecule has 4 heteroatoms. The number of nitrogens with zero attached hydrogens (tertiary/aromatic N) is 2. The average molecular weight is 185 g/mol. The average Bonchev–Trinajstić information content (AvgIpc) is 2.12. The monoisotopic (exact) mass is 185 g/mol. The molecule has 1 aliphatic rings. The van der Waals surface area contributed by atoms with E-state index in [2.05, 4.69) is 11.8 Å². The zero-order chi connectivity index (χ0) is 10.0. The van der Waals surface area contributed by atoms with E-state index in [4.69, 9.17) is 5.73 Å². The molecular formula is C9H19N3O. The quantitative estimate of drug-likeness (QED) is 0.631. The topological polar surface area (TPSA) is 49.6 Å². The van der Waals surface area contributed by atoms with Gasteiger partial charge in [-0.05, 0) is 20.9 Å². The third kappa shape index (κ3) is 1.84. The molecule has 1 rings (SSSR count). The van der Waals surface area contributed by atoms with Crippen molar-refractivity contribution in [3.05, 3.63) is 0 Å². The molecule has 4 nitrogen and oxygen atoms in total. The predicted octanol–water partition coefficient (Wildman–Crippen LogP) is -0.504. The Labute approximate surface area is 79.7 Å². The third-order valence-corrected chi connectivity index (χ3v) is 2.87. The number of piperazine rings is 1. The Morgan fingerprint density at radius 1 is 1.62 bits per heavy atom. The number of likely N-dealkylation sites (N-methyl/N-ethyl adjacent to an activating group) is 2. The van der Waals surface area contributed by atoms with Crippen LogP contribution in [-0.4, -0.2) is 54.5 Å². The number of amides is 1. The minimum Gasteiger partial charge on any atom is -0.340 e. The fourth-order valence-corrected chi connectivity index (χ4v) is 1.78. The molecule has 2 atom stereocenters. The Morgan fingerprint density at radius 2 is 2.23 bits per heavy atom. The van der Waals surface area contributed by atoms with E-state index in [9.17, 15) is 4.79 Å². The van der Waals surface area contributed by atoms with Gasteiger partial charge in [-0.25, -0.2) is 0 Å². The van der Waals surface area contributed by atoms with Crippen LogP contribution in [0.4, 0.5) is 0 Å². The van der Waals surface area contributed by atoms with Gasteiger partial charge < -0.3 is 10.6 Å². The maximum absolute atomic E-state index is 11.7. The number of carbonyl (C=O) groups excluding carboxylic acids is 1. The first kappa shape index (κ1) is 10.5. The standard InChI is InChI=1S/C9H19N3O/c1-4-12-6-7(2)11(3)8(5-10)9(12)13/h7-8H,4-6,10H2,1-3H3. The molecule has 2 unspecified atom stereocenters. The van der Waals surface area contributed by atoms with E-state index in [1.54, 1.807) is 0 Å². The molecule has 76 valence electrons. The maximum Gasteiger partial charge on any atom is 0.241 e. The van der Waals surface area contributed by atoms with Gasteiger partial charge in [-0.3, -0.25) is 9.69 Å². The van der Waals surface area contributed by atoms with Crippen LogP contribution in [0.15, 0.2) is 0 Å². The van der Waals surface area contributed by atoms with Crippen LogP contribution < -0.4 is 5.73 Å². The van der Waals surface area contributed by atoms with Gasteiger partial charge in [0.25, 0.3) is 0 Å². The van der Waals surface area contributed by atoms with Crippen LogP contribution in [0.2, 0.25) is 0 Å². The Morgan fingerprint density at radius 3 is 2.69 bits per heavy atom. The summed E-state index contributed by atoms with van der Waals surface area (Å²) in [6.45, 7) is 6.15. The van der Waals surface area contributed by atoms with E-state index in [0.29, 0.717) is 12.6 Å². The van der Waals surface area contributed by atoms with Crippen molar-refractivity contribution in [2.45, 2.75) is 25.9 Å². The molecule has 0 saturated carbocycles. The molecule has 1 saturated heterocycles. The highest BCUT2D eigenvalue weighted by atomic mass is 16.2. The van der Waals surface area contributed by atoms with Crippen LogP contribution in [0.3, 0.4) is 0 Å². The molecular weight excluding hydrogens is 166 g/mol. The van der Waals surface area contributed by atoms with Crippen molar-refractivity contribution in [1.82, 2.24) is 9.80 Å². The summed E-state index contributed by atoms with van der Waals surface area (Å²) in [4.78, 5) is 15.7. The van der Waals surface area contributed by atoms with Gasteiger partial charge in [0.2, 0.25) is 5.91 Å². The van der Waals surface area contributed by atoms with Crippen molar-refractivity contribution in [3.63, 3.8) is 0 Å². The number of hydrogen-bond donors (Lipinski definition) is 1. The van der Waals surface area contributed by atoms with Crippen LogP contribution in [0, 0.1) is 0 Å². The van der Waals surface area contributed by atoms with Gasteiger partial charge in [0.05, 0.1) is 0 Å². The Bertz CT molecular complexity index is 195. The van der Waals surface area contributed by atoms with E-state index in [0.717, 1.165) is 13.1 Å². The summed E-state index contributed by atoms with van der Waals surface area (Å²) < 4.78 is 0.